The summed E-state index contributed by atoms with van der Waals surface area (Å²) in [6.45, 7) is 3.85. The second kappa shape index (κ2) is 7.80. The molecule has 3 rings (SSSR count). The number of furan rings is 1. The van der Waals surface area contributed by atoms with Crippen LogP contribution >= 0.6 is 23.4 Å². The van der Waals surface area contributed by atoms with Gasteiger partial charge >= 0.3 is 0 Å². The number of rotatable bonds is 6. The van der Waals surface area contributed by atoms with Crippen molar-refractivity contribution < 1.29 is 9.21 Å². The molecule has 1 amide bonds. The molecular weight excluding hydrogens is 358 g/mol. The molecule has 0 bridgehead atoms. The Morgan fingerprint density at radius 2 is 2.24 bits per heavy atom. The van der Waals surface area contributed by atoms with Crippen LogP contribution in [-0.4, -0.2) is 21.2 Å². The Kier molecular flexibility index (Phi) is 5.50. The standard InChI is InChI=1S/C18H18ClN3O2S/c1-12-14(19)5-3-6-15(12)22-9-8-20-18(22)25-11-17(23)21-13(2)16-7-4-10-24-16/h3-10,13H,11H2,1-2H3,(H,21,23). The number of halogens is 1. The predicted octanol–water partition coefficient (Wildman–Crippen LogP) is 4.40. The van der Waals surface area contributed by atoms with Crippen LogP contribution in [0.1, 0.15) is 24.3 Å². The Hall–Kier alpha value is -2.18. The third kappa shape index (κ3) is 4.08. The van der Waals surface area contributed by atoms with E-state index in [-0.39, 0.29) is 17.7 Å². The van der Waals surface area contributed by atoms with Crippen molar-refractivity contribution >= 4 is 29.3 Å². The lowest BCUT2D eigenvalue weighted by Gasteiger charge is -2.13. The van der Waals surface area contributed by atoms with E-state index in [1.165, 1.54) is 11.8 Å². The van der Waals surface area contributed by atoms with Crippen LogP contribution in [0.4, 0.5) is 0 Å². The van der Waals surface area contributed by atoms with E-state index in [0.29, 0.717) is 5.02 Å². The average molecular weight is 376 g/mol. The van der Waals surface area contributed by atoms with Gasteiger partial charge in [0.1, 0.15) is 5.76 Å². The maximum atomic E-state index is 12.2. The molecule has 0 radical (unpaired) electrons. The highest BCUT2D eigenvalue weighted by Crippen LogP contribution is 2.26. The van der Waals surface area contributed by atoms with E-state index in [9.17, 15) is 4.79 Å². The van der Waals surface area contributed by atoms with E-state index >= 15 is 0 Å². The number of nitrogens with one attached hydrogen (secondary N) is 1. The zero-order valence-corrected chi connectivity index (χ0v) is 15.5. The molecule has 0 aliphatic carbocycles. The number of amides is 1. The van der Waals surface area contributed by atoms with Crippen molar-refractivity contribution in [1.29, 1.82) is 0 Å². The van der Waals surface area contributed by atoms with Crippen LogP contribution in [0.15, 0.2) is 58.6 Å². The second-order valence-corrected chi connectivity index (χ2v) is 6.91. The summed E-state index contributed by atoms with van der Waals surface area (Å²) in [6.07, 6.45) is 5.17. The fourth-order valence-electron chi connectivity index (χ4n) is 2.46. The van der Waals surface area contributed by atoms with Crippen molar-refractivity contribution in [2.75, 3.05) is 5.75 Å². The quantitative estimate of drug-likeness (QED) is 0.649. The SMILES string of the molecule is Cc1c(Cl)cccc1-n1ccnc1SCC(=O)NC(C)c1ccco1. The fourth-order valence-corrected chi connectivity index (χ4v) is 3.41. The molecule has 3 aromatic rings. The maximum absolute atomic E-state index is 12.2. The Labute approximate surface area is 155 Å². The van der Waals surface area contributed by atoms with E-state index in [0.717, 1.165) is 22.2 Å². The highest BCUT2D eigenvalue weighted by Gasteiger charge is 2.14. The first-order chi connectivity index (χ1) is 12.1. The molecule has 25 heavy (non-hydrogen) atoms. The van der Waals surface area contributed by atoms with E-state index in [2.05, 4.69) is 10.3 Å². The van der Waals surface area contributed by atoms with Gasteiger partial charge in [0, 0.05) is 17.4 Å². The molecule has 0 fully saturated rings. The number of hydrogen-bond donors (Lipinski definition) is 1. The number of imidazole rings is 1. The molecule has 0 aliphatic rings. The molecule has 1 aromatic carbocycles. The Morgan fingerprint density at radius 3 is 3.00 bits per heavy atom. The summed E-state index contributed by atoms with van der Waals surface area (Å²) in [7, 11) is 0. The van der Waals surface area contributed by atoms with Gasteiger partial charge in [0.05, 0.1) is 23.7 Å². The molecule has 7 heteroatoms. The van der Waals surface area contributed by atoms with Crippen LogP contribution in [0.2, 0.25) is 5.02 Å². The van der Waals surface area contributed by atoms with Crippen molar-refractivity contribution in [1.82, 2.24) is 14.9 Å². The molecule has 2 heterocycles. The molecule has 5 nitrogen and oxygen atoms in total. The number of carbonyl (C=O) groups is 1. The number of benzene rings is 1. The molecule has 1 atom stereocenters. The van der Waals surface area contributed by atoms with Crippen LogP contribution in [0.3, 0.4) is 0 Å². The first-order valence-electron chi connectivity index (χ1n) is 7.80. The van der Waals surface area contributed by atoms with Gasteiger partial charge in [0.2, 0.25) is 5.91 Å². The number of thioether (sulfide) groups is 1. The van der Waals surface area contributed by atoms with Crippen LogP contribution in [0.5, 0.6) is 0 Å². The lowest BCUT2D eigenvalue weighted by molar-refractivity contribution is -0.119. The summed E-state index contributed by atoms with van der Waals surface area (Å²) in [4.78, 5) is 16.5. The number of nitrogens with zero attached hydrogens (tertiary/aromatic N) is 2. The van der Waals surface area contributed by atoms with Gasteiger partial charge in [-0.3, -0.25) is 9.36 Å². The largest absolute Gasteiger partial charge is 0.467 e. The van der Waals surface area contributed by atoms with Crippen LogP contribution in [0.25, 0.3) is 5.69 Å². The van der Waals surface area contributed by atoms with E-state index < -0.39 is 0 Å². The van der Waals surface area contributed by atoms with E-state index in [1.54, 1.807) is 18.5 Å². The summed E-state index contributed by atoms with van der Waals surface area (Å²) in [6, 6.07) is 9.21. The number of aromatic nitrogens is 2. The van der Waals surface area contributed by atoms with E-state index in [1.807, 2.05) is 48.9 Å². The van der Waals surface area contributed by atoms with Crippen LogP contribution in [0, 0.1) is 6.92 Å². The average Bonchev–Trinajstić information content (AvgIpc) is 3.27. The van der Waals surface area contributed by atoms with Gasteiger partial charge < -0.3 is 9.73 Å². The minimum Gasteiger partial charge on any atom is -0.467 e. The van der Waals surface area contributed by atoms with Crippen molar-refractivity contribution in [3.8, 4) is 5.69 Å². The minimum absolute atomic E-state index is 0.0775. The topological polar surface area (TPSA) is 60.1 Å². The third-order valence-electron chi connectivity index (χ3n) is 3.79. The summed E-state index contributed by atoms with van der Waals surface area (Å²) in [5.41, 5.74) is 1.93. The van der Waals surface area contributed by atoms with Crippen LogP contribution in [-0.2, 0) is 4.79 Å². The first-order valence-corrected chi connectivity index (χ1v) is 9.17. The van der Waals surface area contributed by atoms with Crippen molar-refractivity contribution in [2.24, 2.45) is 0 Å². The van der Waals surface area contributed by atoms with Gasteiger partial charge in [-0.1, -0.05) is 29.4 Å². The molecule has 2 aromatic heterocycles. The molecule has 1 unspecified atom stereocenters. The van der Waals surface area contributed by atoms with Gasteiger partial charge in [0.25, 0.3) is 0 Å². The van der Waals surface area contributed by atoms with Crippen molar-refractivity contribution in [3.05, 3.63) is 65.3 Å². The molecule has 130 valence electrons. The van der Waals surface area contributed by atoms with E-state index in [4.69, 9.17) is 16.0 Å². The summed E-state index contributed by atoms with van der Waals surface area (Å²) < 4.78 is 7.24. The zero-order valence-electron chi connectivity index (χ0n) is 13.9. The third-order valence-corrected chi connectivity index (χ3v) is 5.16. The fraction of sp³-hybridized carbons (Fsp3) is 0.222. The van der Waals surface area contributed by atoms with Gasteiger partial charge in [-0.25, -0.2) is 4.98 Å². The van der Waals surface area contributed by atoms with Crippen molar-refractivity contribution in [2.45, 2.75) is 25.0 Å². The first kappa shape index (κ1) is 17.6. The Morgan fingerprint density at radius 1 is 1.40 bits per heavy atom. The van der Waals surface area contributed by atoms with Crippen molar-refractivity contribution in [3.63, 3.8) is 0 Å². The van der Waals surface area contributed by atoms with Crippen LogP contribution < -0.4 is 5.32 Å². The lowest BCUT2D eigenvalue weighted by Crippen LogP contribution is -2.28. The molecule has 0 saturated carbocycles. The molecule has 0 aliphatic heterocycles. The highest BCUT2D eigenvalue weighted by molar-refractivity contribution is 7.99. The summed E-state index contributed by atoms with van der Waals surface area (Å²) in [5, 5.41) is 4.36. The molecule has 0 spiro atoms. The zero-order chi connectivity index (χ0) is 17.8. The number of carbonyl (C=O) groups excluding carboxylic acids is 1. The van der Waals surface area contributed by atoms with Gasteiger partial charge in [-0.05, 0) is 43.7 Å². The van der Waals surface area contributed by atoms with Gasteiger partial charge in [0.15, 0.2) is 5.16 Å². The minimum atomic E-state index is -0.169. The molecule has 1 N–H and O–H groups in total. The summed E-state index contributed by atoms with van der Waals surface area (Å²) >= 11 is 7.58. The Balaban J connectivity index is 1.66. The molecule has 0 saturated heterocycles. The molecular formula is C18H18ClN3O2S. The van der Waals surface area contributed by atoms with Gasteiger partial charge in [-0.15, -0.1) is 0 Å². The second-order valence-electron chi connectivity index (χ2n) is 5.56. The van der Waals surface area contributed by atoms with Gasteiger partial charge in [-0.2, -0.15) is 0 Å². The lowest BCUT2D eigenvalue weighted by atomic mass is 10.2. The number of hydrogen-bond acceptors (Lipinski definition) is 4. The maximum Gasteiger partial charge on any atom is 0.231 e. The normalized spacial score (nSPS) is 12.1. The predicted molar refractivity (Wildman–Crippen MR) is 99.3 cm³/mol. The summed E-state index contributed by atoms with van der Waals surface area (Å²) in [5.74, 6) is 0.919. The Bertz CT molecular complexity index is 861. The highest BCUT2D eigenvalue weighted by atomic mass is 35.5. The monoisotopic (exact) mass is 375 g/mol. The smallest absolute Gasteiger partial charge is 0.231 e.